The van der Waals surface area contributed by atoms with E-state index in [-0.39, 0.29) is 0 Å². The van der Waals surface area contributed by atoms with Crippen LogP contribution in [0.3, 0.4) is 0 Å². The molecule has 7 heteroatoms. The average Bonchev–Trinajstić information content (AvgIpc) is 2.26. The first-order valence-electron chi connectivity index (χ1n) is 5.48. The van der Waals surface area contributed by atoms with E-state index in [2.05, 4.69) is 25.9 Å². The molecule has 0 aliphatic carbocycles. The third kappa shape index (κ3) is 3.37. The largest absolute Gasteiger partial charge is 0.422 e. The summed E-state index contributed by atoms with van der Waals surface area (Å²) in [5, 5.41) is 0. The maximum Gasteiger partial charge on any atom is 0.329 e. The van der Waals surface area contributed by atoms with Gasteiger partial charge < -0.3 is 9.47 Å². The van der Waals surface area contributed by atoms with Crippen LogP contribution < -0.4 is 0 Å². The van der Waals surface area contributed by atoms with Gasteiger partial charge in [0.15, 0.2) is 5.92 Å². The van der Waals surface area contributed by atoms with Crippen LogP contribution in [0.15, 0.2) is 27.9 Å². The molecule has 0 saturated carbocycles. The van der Waals surface area contributed by atoms with Gasteiger partial charge in [0.2, 0.25) is 0 Å². The predicted molar refractivity (Wildman–Crippen MR) is 69.8 cm³/mol. The van der Waals surface area contributed by atoms with Crippen molar-refractivity contribution in [2.24, 2.45) is 10.9 Å². The number of esters is 2. The average molecular weight is 327 g/mol. The summed E-state index contributed by atoms with van der Waals surface area (Å²) in [6.45, 7) is 2.99. The molecule has 1 fully saturated rings. The molecule has 2 rings (SSSR count). The number of hydrogen-bond acceptors (Lipinski definition) is 6. The van der Waals surface area contributed by atoms with Crippen LogP contribution in [-0.4, -0.2) is 28.9 Å². The SMILES string of the molecule is CC1(C)OC(=O)C(/C=N/c2cncc(Br)c2)C(=O)O1. The quantitative estimate of drug-likeness (QED) is 0.472. The van der Waals surface area contributed by atoms with E-state index >= 15 is 0 Å². The molecule has 1 aliphatic rings. The van der Waals surface area contributed by atoms with Gasteiger partial charge in [0.05, 0.1) is 11.9 Å². The second-order valence-electron chi connectivity index (χ2n) is 4.36. The third-order valence-corrected chi connectivity index (χ3v) is 2.70. The Morgan fingerprint density at radius 2 is 1.95 bits per heavy atom. The summed E-state index contributed by atoms with van der Waals surface area (Å²) in [7, 11) is 0. The van der Waals surface area contributed by atoms with Crippen LogP contribution in [0.25, 0.3) is 0 Å². The Kier molecular flexibility index (Phi) is 3.66. The van der Waals surface area contributed by atoms with Gasteiger partial charge in [0.25, 0.3) is 5.79 Å². The number of pyridine rings is 1. The van der Waals surface area contributed by atoms with Crippen molar-refractivity contribution in [3.8, 4) is 0 Å². The van der Waals surface area contributed by atoms with Crippen molar-refractivity contribution in [3.63, 3.8) is 0 Å². The van der Waals surface area contributed by atoms with Crippen LogP contribution >= 0.6 is 15.9 Å². The Balaban J connectivity index is 2.15. The number of ether oxygens (including phenoxy) is 2. The lowest BCUT2D eigenvalue weighted by atomic mass is 10.1. The molecule has 0 N–H and O–H groups in total. The molecule has 1 aromatic heterocycles. The molecule has 6 nitrogen and oxygen atoms in total. The van der Waals surface area contributed by atoms with Gasteiger partial charge >= 0.3 is 11.9 Å². The normalized spacial score (nSPS) is 19.3. The van der Waals surface area contributed by atoms with Gasteiger partial charge in [-0.2, -0.15) is 0 Å². The molecule has 0 amide bonds. The topological polar surface area (TPSA) is 77.9 Å². The maximum atomic E-state index is 11.7. The molecule has 0 radical (unpaired) electrons. The predicted octanol–water partition coefficient (Wildman–Crippen LogP) is 2.00. The highest BCUT2D eigenvalue weighted by Crippen LogP contribution is 2.23. The van der Waals surface area contributed by atoms with E-state index in [9.17, 15) is 9.59 Å². The number of carbonyl (C=O) groups excluding carboxylic acids is 2. The number of carbonyl (C=O) groups is 2. The Morgan fingerprint density at radius 1 is 1.32 bits per heavy atom. The van der Waals surface area contributed by atoms with Crippen molar-refractivity contribution in [3.05, 3.63) is 22.9 Å². The van der Waals surface area contributed by atoms with Gasteiger partial charge in [-0.05, 0) is 22.0 Å². The van der Waals surface area contributed by atoms with Crippen molar-refractivity contribution >= 4 is 39.8 Å². The monoisotopic (exact) mass is 326 g/mol. The minimum absolute atomic E-state index is 0.514. The second-order valence-corrected chi connectivity index (χ2v) is 5.27. The maximum absolute atomic E-state index is 11.7. The number of rotatable bonds is 2. The first-order chi connectivity index (χ1) is 8.87. The fourth-order valence-corrected chi connectivity index (χ4v) is 1.83. The standard InChI is InChI=1S/C12H11BrN2O4/c1-12(2)18-10(16)9(11(17)19-12)6-15-8-3-7(13)4-14-5-8/h3-6,9H,1-2H3/b15-6+. The van der Waals surface area contributed by atoms with Gasteiger partial charge in [-0.3, -0.25) is 19.6 Å². The summed E-state index contributed by atoms with van der Waals surface area (Å²) in [5.74, 6) is -3.72. The van der Waals surface area contributed by atoms with Crippen molar-refractivity contribution in [1.29, 1.82) is 0 Å². The molecule has 0 bridgehead atoms. The Morgan fingerprint density at radius 3 is 2.53 bits per heavy atom. The molecular formula is C12H11BrN2O4. The summed E-state index contributed by atoms with van der Waals surface area (Å²) < 4.78 is 10.7. The van der Waals surface area contributed by atoms with E-state index < -0.39 is 23.6 Å². The number of hydrogen-bond donors (Lipinski definition) is 0. The molecule has 2 heterocycles. The van der Waals surface area contributed by atoms with Crippen LogP contribution in [0.5, 0.6) is 0 Å². The van der Waals surface area contributed by atoms with Crippen LogP contribution in [0.4, 0.5) is 5.69 Å². The van der Waals surface area contributed by atoms with E-state index in [1.54, 1.807) is 12.3 Å². The summed E-state index contributed by atoms with van der Waals surface area (Å²) >= 11 is 3.25. The molecule has 19 heavy (non-hydrogen) atoms. The zero-order valence-electron chi connectivity index (χ0n) is 10.3. The van der Waals surface area contributed by atoms with Crippen LogP contribution in [0, 0.1) is 5.92 Å². The van der Waals surface area contributed by atoms with Crippen LogP contribution in [-0.2, 0) is 19.1 Å². The van der Waals surface area contributed by atoms with Gasteiger partial charge in [-0.25, -0.2) is 0 Å². The lowest BCUT2D eigenvalue weighted by molar-refractivity contribution is -0.235. The van der Waals surface area contributed by atoms with Crippen molar-refractivity contribution in [2.75, 3.05) is 0 Å². The smallest absolute Gasteiger partial charge is 0.329 e. The number of aliphatic imine (C=N–C) groups is 1. The van der Waals surface area contributed by atoms with Crippen LogP contribution in [0.2, 0.25) is 0 Å². The van der Waals surface area contributed by atoms with Crippen molar-refractivity contribution in [1.82, 2.24) is 4.98 Å². The van der Waals surface area contributed by atoms with E-state index in [1.807, 2.05) is 0 Å². The van der Waals surface area contributed by atoms with E-state index in [4.69, 9.17) is 9.47 Å². The number of aromatic nitrogens is 1. The third-order valence-electron chi connectivity index (χ3n) is 2.26. The Hall–Kier alpha value is -1.76. The first-order valence-corrected chi connectivity index (χ1v) is 6.27. The summed E-state index contributed by atoms with van der Waals surface area (Å²) in [4.78, 5) is 31.3. The summed E-state index contributed by atoms with van der Waals surface area (Å²) in [5.41, 5.74) is 0.514. The fraction of sp³-hybridized carbons (Fsp3) is 0.333. The highest BCUT2D eigenvalue weighted by Gasteiger charge is 2.42. The van der Waals surface area contributed by atoms with Crippen molar-refractivity contribution < 1.29 is 19.1 Å². The van der Waals surface area contributed by atoms with Gasteiger partial charge in [0, 0.05) is 30.7 Å². The lowest BCUT2D eigenvalue weighted by Gasteiger charge is -2.31. The molecule has 0 atom stereocenters. The molecule has 0 aromatic carbocycles. The zero-order chi connectivity index (χ0) is 14.0. The molecule has 0 spiro atoms. The molecule has 1 aromatic rings. The minimum Gasteiger partial charge on any atom is -0.422 e. The molecule has 1 saturated heterocycles. The van der Waals surface area contributed by atoms with Gasteiger partial charge in [-0.1, -0.05) is 0 Å². The first kappa shape index (κ1) is 13.7. The number of halogens is 1. The Labute approximate surface area is 118 Å². The molecule has 100 valence electrons. The molecule has 1 aliphatic heterocycles. The molecular weight excluding hydrogens is 316 g/mol. The van der Waals surface area contributed by atoms with E-state index in [1.165, 1.54) is 26.3 Å². The van der Waals surface area contributed by atoms with E-state index in [0.717, 1.165) is 4.47 Å². The van der Waals surface area contributed by atoms with E-state index in [0.29, 0.717) is 5.69 Å². The highest BCUT2D eigenvalue weighted by atomic mass is 79.9. The van der Waals surface area contributed by atoms with Crippen LogP contribution in [0.1, 0.15) is 13.8 Å². The molecule has 0 unspecified atom stereocenters. The number of cyclic esters (lactones) is 2. The Bertz CT molecular complexity index is 536. The summed E-state index contributed by atoms with van der Waals surface area (Å²) in [6.07, 6.45) is 4.30. The zero-order valence-corrected chi connectivity index (χ0v) is 11.9. The van der Waals surface area contributed by atoms with Gasteiger partial charge in [0.1, 0.15) is 0 Å². The van der Waals surface area contributed by atoms with Gasteiger partial charge in [-0.15, -0.1) is 0 Å². The minimum atomic E-state index is -1.23. The lowest BCUT2D eigenvalue weighted by Crippen LogP contribution is -2.46. The fourth-order valence-electron chi connectivity index (χ4n) is 1.48. The number of nitrogens with zero attached hydrogens (tertiary/aromatic N) is 2. The second kappa shape index (κ2) is 5.08. The van der Waals surface area contributed by atoms with Crippen molar-refractivity contribution in [2.45, 2.75) is 19.6 Å². The highest BCUT2D eigenvalue weighted by molar-refractivity contribution is 9.10. The summed E-state index contributed by atoms with van der Waals surface area (Å²) in [6, 6.07) is 1.70.